The van der Waals surface area contributed by atoms with Gasteiger partial charge in [-0.3, -0.25) is 4.79 Å². The van der Waals surface area contributed by atoms with Gasteiger partial charge in [-0.25, -0.2) is 9.13 Å². The topological polar surface area (TPSA) is 83.4 Å². The van der Waals surface area contributed by atoms with Gasteiger partial charge in [0.1, 0.15) is 5.56 Å². The summed E-state index contributed by atoms with van der Waals surface area (Å²) in [7, 11) is 0. The van der Waals surface area contributed by atoms with Crippen LogP contribution in [0.2, 0.25) is 0 Å². The van der Waals surface area contributed by atoms with Crippen molar-refractivity contribution in [2.24, 2.45) is 10.9 Å². The van der Waals surface area contributed by atoms with Gasteiger partial charge >= 0.3 is 0 Å². The molecule has 0 aliphatic heterocycles. The molecule has 0 aliphatic carbocycles. The van der Waals surface area contributed by atoms with Gasteiger partial charge in [-0.2, -0.15) is 0 Å². The molecule has 0 radical (unpaired) electrons. The van der Waals surface area contributed by atoms with E-state index in [0.29, 0.717) is 5.56 Å². The number of pyridine rings is 2. The fourth-order valence-corrected chi connectivity index (χ4v) is 2.01. The Balaban J connectivity index is 0.00000242. The fraction of sp³-hybridized carbons (Fsp3) is 0.200. The van der Waals surface area contributed by atoms with E-state index < -0.39 is 5.91 Å². The van der Waals surface area contributed by atoms with Gasteiger partial charge in [0.15, 0.2) is 37.9 Å². The molecule has 3 N–H and O–H groups in total. The first-order valence-electron chi connectivity index (χ1n) is 6.64. The Bertz CT molecular complexity index is 648. The van der Waals surface area contributed by atoms with Crippen molar-refractivity contribution in [3.05, 3.63) is 60.2 Å². The lowest BCUT2D eigenvalue weighted by atomic mass is 10.2. The molecule has 0 spiro atoms. The van der Waals surface area contributed by atoms with Crippen LogP contribution in [0.3, 0.4) is 0 Å². The van der Waals surface area contributed by atoms with Crippen LogP contribution in [0.25, 0.3) is 0 Å². The molecule has 2 rings (SSSR count). The van der Waals surface area contributed by atoms with Gasteiger partial charge < -0.3 is 44.9 Å². The summed E-state index contributed by atoms with van der Waals surface area (Å²) in [5.41, 5.74) is 6.61. The minimum Gasteiger partial charge on any atom is -1.00 e. The molecule has 0 atom stereocenters. The van der Waals surface area contributed by atoms with E-state index in [4.69, 9.17) is 10.9 Å². The number of hydrogen-bond donors (Lipinski definition) is 2. The lowest BCUT2D eigenvalue weighted by Gasteiger charge is -1.98. The van der Waals surface area contributed by atoms with Gasteiger partial charge in [0, 0.05) is 23.8 Å². The highest BCUT2D eigenvalue weighted by atomic mass is 79.9. The molecule has 0 saturated carbocycles. The molecule has 2 aromatic heterocycles. The van der Waals surface area contributed by atoms with Crippen molar-refractivity contribution in [1.82, 2.24) is 0 Å². The molecule has 2 aromatic rings. The van der Waals surface area contributed by atoms with E-state index in [0.717, 1.165) is 25.1 Å². The lowest BCUT2D eigenvalue weighted by molar-refractivity contribution is -0.727. The number of carbonyl (C=O) groups is 1. The van der Waals surface area contributed by atoms with Gasteiger partial charge in [0.2, 0.25) is 0 Å². The minimum absolute atomic E-state index is 0. The predicted octanol–water partition coefficient (Wildman–Crippen LogP) is -5.73. The van der Waals surface area contributed by atoms with Crippen molar-refractivity contribution in [2.45, 2.75) is 19.5 Å². The smallest absolute Gasteiger partial charge is 0.254 e. The van der Waals surface area contributed by atoms with E-state index in [9.17, 15) is 4.79 Å². The van der Waals surface area contributed by atoms with Crippen molar-refractivity contribution in [2.75, 3.05) is 0 Å². The average molecular weight is 446 g/mol. The summed E-state index contributed by atoms with van der Waals surface area (Å²) in [5, 5.41) is 11.4. The molecular weight excluding hydrogens is 428 g/mol. The minimum atomic E-state index is -0.417. The van der Waals surface area contributed by atoms with E-state index in [2.05, 4.69) is 5.16 Å². The highest BCUT2D eigenvalue weighted by Crippen LogP contribution is 1.94. The largest absolute Gasteiger partial charge is 1.00 e. The van der Waals surface area contributed by atoms with Crippen molar-refractivity contribution >= 4 is 12.1 Å². The first-order chi connectivity index (χ1) is 10.2. The quantitative estimate of drug-likeness (QED) is 0.201. The summed E-state index contributed by atoms with van der Waals surface area (Å²) in [6, 6.07) is 7.27. The van der Waals surface area contributed by atoms with Crippen LogP contribution in [0.1, 0.15) is 22.3 Å². The van der Waals surface area contributed by atoms with E-state index in [1.54, 1.807) is 12.3 Å². The third-order valence-electron chi connectivity index (χ3n) is 3.10. The lowest BCUT2D eigenvalue weighted by Crippen LogP contribution is -3.00. The number of oxime groups is 1. The Kier molecular flexibility index (Phi) is 10.00. The summed E-state index contributed by atoms with van der Waals surface area (Å²) < 4.78 is 4.00. The molecule has 0 bridgehead atoms. The van der Waals surface area contributed by atoms with Crippen LogP contribution in [0.4, 0.5) is 0 Å². The Hall–Kier alpha value is -1.80. The second-order valence-electron chi connectivity index (χ2n) is 4.66. The van der Waals surface area contributed by atoms with Crippen molar-refractivity contribution in [3.63, 3.8) is 0 Å². The molecular formula is C15H18Br2N4O2. The summed E-state index contributed by atoms with van der Waals surface area (Å²) in [6.45, 7) is 1.65. The monoisotopic (exact) mass is 444 g/mol. The molecule has 0 fully saturated rings. The van der Waals surface area contributed by atoms with Crippen LogP contribution >= 0.6 is 0 Å². The number of aromatic nitrogens is 2. The zero-order valence-electron chi connectivity index (χ0n) is 12.3. The third-order valence-corrected chi connectivity index (χ3v) is 3.10. The first-order valence-corrected chi connectivity index (χ1v) is 6.64. The number of hydrogen-bond acceptors (Lipinski definition) is 3. The highest BCUT2D eigenvalue weighted by molar-refractivity contribution is 5.92. The molecule has 0 aromatic carbocycles. The molecule has 0 aliphatic rings. The fourth-order valence-electron chi connectivity index (χ4n) is 2.01. The number of primary amides is 1. The normalized spacial score (nSPS) is 9.91. The Morgan fingerprint density at radius 1 is 1.13 bits per heavy atom. The number of nitrogens with zero attached hydrogens (tertiary/aromatic N) is 3. The molecule has 124 valence electrons. The Morgan fingerprint density at radius 3 is 2.39 bits per heavy atom. The number of halogens is 2. The molecule has 0 saturated heterocycles. The van der Waals surface area contributed by atoms with Gasteiger partial charge in [0.25, 0.3) is 5.91 Å². The molecule has 1 amide bonds. The average Bonchev–Trinajstić information content (AvgIpc) is 2.50. The summed E-state index contributed by atoms with van der Waals surface area (Å²) >= 11 is 0. The van der Waals surface area contributed by atoms with Crippen LogP contribution in [0, 0.1) is 0 Å². The van der Waals surface area contributed by atoms with Crippen LogP contribution in [0.15, 0.2) is 54.2 Å². The van der Waals surface area contributed by atoms with E-state index in [1.807, 2.05) is 45.9 Å². The standard InChI is InChI=1S/C15H16N4O2.2BrH/c16-15(20)14-3-1-6-19(12-14)8-2-7-18-9-4-13(5-10-18)11-17-21;;/h1,3-6,9-12H,2,7-8H2,(H-,16,20);2*1H. The molecule has 2 heterocycles. The third kappa shape index (κ3) is 6.87. The van der Waals surface area contributed by atoms with Crippen molar-refractivity contribution < 1.29 is 53.1 Å². The second-order valence-corrected chi connectivity index (χ2v) is 4.66. The Morgan fingerprint density at radius 2 is 1.78 bits per heavy atom. The number of aryl methyl sites for hydroxylation is 2. The summed E-state index contributed by atoms with van der Waals surface area (Å²) in [5.74, 6) is -0.417. The van der Waals surface area contributed by atoms with E-state index in [-0.39, 0.29) is 34.0 Å². The second kappa shape index (κ2) is 10.8. The Labute approximate surface area is 155 Å². The van der Waals surface area contributed by atoms with Crippen LogP contribution in [-0.4, -0.2) is 17.3 Å². The molecule has 0 unspecified atom stereocenters. The number of amides is 1. The van der Waals surface area contributed by atoms with Gasteiger partial charge in [-0.15, -0.1) is 0 Å². The molecule has 23 heavy (non-hydrogen) atoms. The van der Waals surface area contributed by atoms with E-state index in [1.165, 1.54) is 6.21 Å². The number of carbonyl (C=O) groups excluding carboxylic acids is 1. The molecule has 6 nitrogen and oxygen atoms in total. The maximum atomic E-state index is 11.1. The number of nitrogens with two attached hydrogens (primary N) is 1. The van der Waals surface area contributed by atoms with E-state index >= 15 is 0 Å². The van der Waals surface area contributed by atoms with Crippen LogP contribution < -0.4 is 48.8 Å². The van der Waals surface area contributed by atoms with Gasteiger partial charge in [0.05, 0.1) is 12.6 Å². The van der Waals surface area contributed by atoms with Crippen molar-refractivity contribution in [1.29, 1.82) is 0 Å². The molecule has 8 heteroatoms. The van der Waals surface area contributed by atoms with Gasteiger partial charge in [-0.1, -0.05) is 5.16 Å². The highest BCUT2D eigenvalue weighted by Gasteiger charge is 2.08. The van der Waals surface area contributed by atoms with Crippen LogP contribution in [0.5, 0.6) is 0 Å². The number of rotatable bonds is 6. The SMILES string of the molecule is NC(=O)c1ccc[n+](CCC[n+]2ccc(/C=N/O)cc2)c1.[Br-].[Br-]. The first kappa shape index (κ1) is 21.2. The van der Waals surface area contributed by atoms with Crippen LogP contribution in [-0.2, 0) is 13.1 Å². The summed E-state index contributed by atoms with van der Waals surface area (Å²) in [6.07, 6.45) is 9.84. The van der Waals surface area contributed by atoms with Gasteiger partial charge in [-0.05, 0) is 6.07 Å². The summed E-state index contributed by atoms with van der Waals surface area (Å²) in [4.78, 5) is 11.1. The zero-order chi connectivity index (χ0) is 15.1. The maximum absolute atomic E-state index is 11.1. The van der Waals surface area contributed by atoms with Crippen molar-refractivity contribution in [3.8, 4) is 0 Å². The predicted molar refractivity (Wildman–Crippen MR) is 75.8 cm³/mol. The zero-order valence-corrected chi connectivity index (χ0v) is 15.5. The maximum Gasteiger partial charge on any atom is 0.254 e.